The van der Waals surface area contributed by atoms with Crippen molar-refractivity contribution in [1.29, 1.82) is 0 Å². The summed E-state index contributed by atoms with van der Waals surface area (Å²) in [5.74, 6) is 0. The average molecular weight is 249 g/mol. The van der Waals surface area contributed by atoms with Crippen LogP contribution in [0.3, 0.4) is 0 Å². The first-order chi connectivity index (χ1) is 5.56. The quantitative estimate of drug-likeness (QED) is 0.577. The fraction of sp³-hybridized carbons (Fsp3) is 0.444. The highest BCUT2D eigenvalue weighted by Crippen LogP contribution is 2.24. The normalized spacial score (nSPS) is 11.7. The van der Waals surface area contributed by atoms with Crippen LogP contribution in [0.15, 0.2) is 18.2 Å². The summed E-state index contributed by atoms with van der Waals surface area (Å²) in [4.78, 5) is 4.25. The third kappa shape index (κ3) is 2.20. The predicted octanol–water partition coefficient (Wildman–Crippen LogP) is 3.41. The Kier molecular flexibility index (Phi) is 3.13. The van der Waals surface area contributed by atoms with E-state index in [9.17, 15) is 0 Å². The van der Waals surface area contributed by atoms with E-state index in [1.807, 2.05) is 12.1 Å². The summed E-state index contributed by atoms with van der Waals surface area (Å²) in [5.41, 5.74) is 1.07. The van der Waals surface area contributed by atoms with E-state index < -0.39 is 0 Å². The van der Waals surface area contributed by atoms with Gasteiger partial charge in [-0.25, -0.2) is 4.98 Å². The van der Waals surface area contributed by atoms with Gasteiger partial charge in [-0.15, -0.1) is 0 Å². The molecular formula is C9H11BrClN. The fourth-order valence-electron chi connectivity index (χ4n) is 0.854. The Bertz CT molecular complexity index is 273. The zero-order chi connectivity index (χ0) is 9.19. The smallest absolute Gasteiger partial charge is 0.129 e. The van der Waals surface area contributed by atoms with Crippen LogP contribution in [-0.4, -0.2) is 10.3 Å². The first-order valence-corrected chi connectivity index (χ1v) is 5.25. The lowest BCUT2D eigenvalue weighted by Crippen LogP contribution is -2.20. The molecule has 0 aliphatic heterocycles. The molecule has 0 radical (unpaired) electrons. The van der Waals surface area contributed by atoms with E-state index in [-0.39, 0.29) is 5.41 Å². The second-order valence-corrected chi connectivity index (χ2v) is 4.31. The third-order valence-corrected chi connectivity index (χ3v) is 3.35. The first kappa shape index (κ1) is 10.0. The highest BCUT2D eigenvalue weighted by atomic mass is 79.9. The number of rotatable bonds is 2. The lowest BCUT2D eigenvalue weighted by molar-refractivity contribution is 0.584. The molecule has 3 heteroatoms. The van der Waals surface area contributed by atoms with Gasteiger partial charge in [0.05, 0.1) is 0 Å². The molecule has 1 heterocycles. The maximum absolute atomic E-state index is 5.78. The average Bonchev–Trinajstić information content (AvgIpc) is 2.05. The molecule has 0 unspecified atom stereocenters. The van der Waals surface area contributed by atoms with Gasteiger partial charge in [0.1, 0.15) is 5.15 Å². The van der Waals surface area contributed by atoms with E-state index >= 15 is 0 Å². The van der Waals surface area contributed by atoms with Gasteiger partial charge in [-0.2, -0.15) is 0 Å². The number of hydrogen-bond acceptors (Lipinski definition) is 1. The number of hydrogen-bond donors (Lipinski definition) is 0. The van der Waals surface area contributed by atoms with Gasteiger partial charge in [0.25, 0.3) is 0 Å². The van der Waals surface area contributed by atoms with Crippen LogP contribution in [0.5, 0.6) is 0 Å². The molecule has 12 heavy (non-hydrogen) atoms. The molecular weight excluding hydrogens is 237 g/mol. The minimum absolute atomic E-state index is 0.0465. The van der Waals surface area contributed by atoms with Crippen molar-refractivity contribution in [1.82, 2.24) is 4.98 Å². The number of nitrogens with zero attached hydrogens (tertiary/aromatic N) is 1. The summed E-state index contributed by atoms with van der Waals surface area (Å²) >= 11 is 9.23. The van der Waals surface area contributed by atoms with Crippen LogP contribution < -0.4 is 0 Å². The summed E-state index contributed by atoms with van der Waals surface area (Å²) in [6, 6.07) is 5.71. The Morgan fingerprint density at radius 1 is 1.50 bits per heavy atom. The highest BCUT2D eigenvalue weighted by Gasteiger charge is 2.20. The monoisotopic (exact) mass is 247 g/mol. The summed E-state index contributed by atoms with van der Waals surface area (Å²) in [7, 11) is 0. The van der Waals surface area contributed by atoms with Crippen LogP contribution in [0.4, 0.5) is 0 Å². The van der Waals surface area contributed by atoms with Gasteiger partial charge in [0, 0.05) is 16.4 Å². The molecule has 1 rings (SSSR count). The maximum atomic E-state index is 5.78. The lowest BCUT2D eigenvalue weighted by Gasteiger charge is -2.20. The summed E-state index contributed by atoms with van der Waals surface area (Å²) in [6.07, 6.45) is 0. The molecule has 0 spiro atoms. The minimum atomic E-state index is 0.0465. The van der Waals surface area contributed by atoms with Gasteiger partial charge in [-0.3, -0.25) is 0 Å². The lowest BCUT2D eigenvalue weighted by atomic mass is 9.92. The summed E-state index contributed by atoms with van der Waals surface area (Å²) in [6.45, 7) is 4.25. The van der Waals surface area contributed by atoms with Gasteiger partial charge in [-0.05, 0) is 12.1 Å². The molecule has 0 fully saturated rings. The molecule has 0 amide bonds. The SMILES string of the molecule is CC(C)(CBr)c1cccc(Cl)n1. The number of halogens is 2. The molecule has 0 atom stereocenters. The van der Waals surface area contributed by atoms with Crippen LogP contribution in [-0.2, 0) is 5.41 Å². The van der Waals surface area contributed by atoms with Crippen LogP contribution in [0, 0.1) is 0 Å². The molecule has 0 aliphatic rings. The van der Waals surface area contributed by atoms with Crippen molar-refractivity contribution in [3.63, 3.8) is 0 Å². The van der Waals surface area contributed by atoms with Crippen molar-refractivity contribution in [2.75, 3.05) is 5.33 Å². The number of pyridine rings is 1. The molecule has 0 bridgehead atoms. The second-order valence-electron chi connectivity index (χ2n) is 3.36. The van der Waals surface area contributed by atoms with E-state index in [0.29, 0.717) is 5.15 Å². The van der Waals surface area contributed by atoms with E-state index in [1.165, 1.54) is 0 Å². The molecule has 1 aromatic rings. The summed E-state index contributed by atoms with van der Waals surface area (Å²) < 4.78 is 0. The van der Waals surface area contributed by atoms with Gasteiger partial charge in [0.2, 0.25) is 0 Å². The topological polar surface area (TPSA) is 12.9 Å². The molecule has 0 aliphatic carbocycles. The first-order valence-electron chi connectivity index (χ1n) is 3.75. The van der Waals surface area contributed by atoms with Crippen LogP contribution in [0.25, 0.3) is 0 Å². The maximum Gasteiger partial charge on any atom is 0.129 e. The van der Waals surface area contributed by atoms with Crippen molar-refractivity contribution in [3.05, 3.63) is 29.0 Å². The molecule has 0 saturated heterocycles. The predicted molar refractivity (Wildman–Crippen MR) is 56.1 cm³/mol. The Labute approximate surface area is 86.3 Å². The van der Waals surface area contributed by atoms with Gasteiger partial charge in [-0.1, -0.05) is 47.4 Å². The highest BCUT2D eigenvalue weighted by molar-refractivity contribution is 9.09. The van der Waals surface area contributed by atoms with E-state index in [4.69, 9.17) is 11.6 Å². The van der Waals surface area contributed by atoms with Crippen molar-refractivity contribution in [2.24, 2.45) is 0 Å². The Balaban J connectivity index is 3.03. The Morgan fingerprint density at radius 3 is 2.67 bits per heavy atom. The number of alkyl halides is 1. The Morgan fingerprint density at radius 2 is 2.17 bits per heavy atom. The van der Waals surface area contributed by atoms with E-state index in [0.717, 1.165) is 11.0 Å². The third-order valence-electron chi connectivity index (χ3n) is 1.74. The molecule has 66 valence electrons. The standard InChI is InChI=1S/C9H11BrClN/c1-9(2,6-10)7-4-3-5-8(11)12-7/h3-5H,6H2,1-2H3. The van der Waals surface area contributed by atoms with E-state index in [1.54, 1.807) is 6.07 Å². The van der Waals surface area contributed by atoms with E-state index in [2.05, 4.69) is 34.8 Å². The molecule has 0 N–H and O–H groups in total. The second kappa shape index (κ2) is 3.75. The van der Waals surface area contributed by atoms with Crippen molar-refractivity contribution in [3.8, 4) is 0 Å². The van der Waals surface area contributed by atoms with Crippen molar-refractivity contribution < 1.29 is 0 Å². The van der Waals surface area contributed by atoms with Crippen molar-refractivity contribution >= 4 is 27.5 Å². The van der Waals surface area contributed by atoms with Gasteiger partial charge >= 0.3 is 0 Å². The van der Waals surface area contributed by atoms with Crippen LogP contribution in [0.1, 0.15) is 19.5 Å². The van der Waals surface area contributed by atoms with Crippen LogP contribution >= 0.6 is 27.5 Å². The summed E-state index contributed by atoms with van der Waals surface area (Å²) in [5, 5.41) is 1.44. The Hall–Kier alpha value is -0.0800. The number of aromatic nitrogens is 1. The van der Waals surface area contributed by atoms with Crippen LogP contribution in [0.2, 0.25) is 5.15 Å². The zero-order valence-electron chi connectivity index (χ0n) is 7.14. The van der Waals surface area contributed by atoms with Gasteiger partial charge < -0.3 is 0 Å². The van der Waals surface area contributed by atoms with Gasteiger partial charge in [0.15, 0.2) is 0 Å². The molecule has 0 aromatic carbocycles. The molecule has 0 saturated carbocycles. The van der Waals surface area contributed by atoms with Crippen molar-refractivity contribution in [2.45, 2.75) is 19.3 Å². The molecule has 1 aromatic heterocycles. The molecule has 1 nitrogen and oxygen atoms in total. The zero-order valence-corrected chi connectivity index (χ0v) is 9.48. The minimum Gasteiger partial charge on any atom is -0.241 e. The largest absolute Gasteiger partial charge is 0.241 e. The fourth-order valence-corrected chi connectivity index (χ4v) is 1.30.